The van der Waals surface area contributed by atoms with Gasteiger partial charge < -0.3 is 10.0 Å². The number of aryl methyl sites for hydroxylation is 1. The molecule has 0 aliphatic heterocycles. The molecule has 1 amide bonds. The summed E-state index contributed by atoms with van der Waals surface area (Å²) in [7, 11) is 0. The number of hydrogen-bond acceptors (Lipinski definition) is 3. The zero-order valence-electron chi connectivity index (χ0n) is 12.9. The van der Waals surface area contributed by atoms with Crippen LogP contribution >= 0.6 is 11.3 Å². The van der Waals surface area contributed by atoms with E-state index in [-0.39, 0.29) is 5.91 Å². The van der Waals surface area contributed by atoms with Crippen molar-refractivity contribution in [3.8, 4) is 0 Å². The quantitative estimate of drug-likeness (QED) is 0.927. The zero-order chi connectivity index (χ0) is 14.9. The fourth-order valence-corrected chi connectivity index (χ4v) is 3.94. The first-order valence-electron chi connectivity index (χ1n) is 7.43. The second kappa shape index (κ2) is 5.86. The molecule has 20 heavy (non-hydrogen) atoms. The normalized spacial score (nSPS) is 18.8. The predicted molar refractivity (Wildman–Crippen MR) is 83.4 cm³/mol. The van der Waals surface area contributed by atoms with Crippen molar-refractivity contribution in [1.29, 1.82) is 0 Å². The number of nitrogens with zero attached hydrogens (tertiary/aromatic N) is 1. The van der Waals surface area contributed by atoms with Crippen LogP contribution in [0.3, 0.4) is 0 Å². The molecule has 1 heterocycles. The minimum absolute atomic E-state index is 0.0571. The first kappa shape index (κ1) is 15.5. The van der Waals surface area contributed by atoms with E-state index in [0.717, 1.165) is 23.6 Å². The molecule has 1 aliphatic rings. The summed E-state index contributed by atoms with van der Waals surface area (Å²) >= 11 is 1.64. The Morgan fingerprint density at radius 1 is 1.55 bits per heavy atom. The van der Waals surface area contributed by atoms with Crippen molar-refractivity contribution in [1.82, 2.24) is 4.90 Å². The summed E-state index contributed by atoms with van der Waals surface area (Å²) in [4.78, 5) is 16.5. The van der Waals surface area contributed by atoms with Crippen molar-refractivity contribution in [2.24, 2.45) is 5.92 Å². The maximum Gasteiger partial charge on any atom is 0.264 e. The molecule has 0 radical (unpaired) electrons. The van der Waals surface area contributed by atoms with Crippen LogP contribution in [0.15, 0.2) is 6.07 Å². The van der Waals surface area contributed by atoms with Gasteiger partial charge in [-0.05, 0) is 57.6 Å². The van der Waals surface area contributed by atoms with Crippen molar-refractivity contribution < 1.29 is 9.90 Å². The highest BCUT2D eigenvalue weighted by Gasteiger charge is 2.26. The van der Waals surface area contributed by atoms with E-state index in [9.17, 15) is 9.90 Å². The summed E-state index contributed by atoms with van der Waals surface area (Å²) in [6.07, 6.45) is 3.42. The van der Waals surface area contributed by atoms with Crippen LogP contribution in [0.5, 0.6) is 0 Å². The van der Waals surface area contributed by atoms with E-state index < -0.39 is 5.60 Å². The van der Waals surface area contributed by atoms with Gasteiger partial charge in [-0.1, -0.05) is 6.92 Å². The van der Waals surface area contributed by atoms with E-state index in [1.165, 1.54) is 16.9 Å². The molecule has 0 spiro atoms. The smallest absolute Gasteiger partial charge is 0.264 e. The van der Waals surface area contributed by atoms with E-state index in [1.54, 1.807) is 30.1 Å². The molecule has 1 aliphatic carbocycles. The lowest BCUT2D eigenvalue weighted by molar-refractivity contribution is 0.0317. The van der Waals surface area contributed by atoms with Crippen LogP contribution < -0.4 is 0 Å². The van der Waals surface area contributed by atoms with E-state index >= 15 is 0 Å². The van der Waals surface area contributed by atoms with Crippen LogP contribution in [0, 0.1) is 5.92 Å². The minimum Gasteiger partial charge on any atom is -0.389 e. The number of carbonyl (C=O) groups is 1. The molecular weight excluding hydrogens is 270 g/mol. The molecule has 1 N–H and O–H groups in total. The molecule has 0 bridgehead atoms. The number of likely N-dealkylation sites (N-methyl/N-ethyl adjacent to an activating group) is 1. The number of aliphatic hydroxyl groups is 1. The first-order valence-corrected chi connectivity index (χ1v) is 8.25. The molecule has 3 nitrogen and oxygen atoms in total. The molecule has 0 saturated carbocycles. The lowest BCUT2D eigenvalue weighted by atomic mass is 9.90. The van der Waals surface area contributed by atoms with Gasteiger partial charge >= 0.3 is 0 Å². The summed E-state index contributed by atoms with van der Waals surface area (Å²) in [6, 6.07) is 2.07. The Kier molecular flexibility index (Phi) is 4.55. The van der Waals surface area contributed by atoms with Crippen LogP contribution in [0.25, 0.3) is 0 Å². The van der Waals surface area contributed by atoms with Crippen LogP contribution in [0.4, 0.5) is 0 Å². The van der Waals surface area contributed by atoms with Crippen molar-refractivity contribution in [3.63, 3.8) is 0 Å². The van der Waals surface area contributed by atoms with Gasteiger partial charge in [-0.25, -0.2) is 0 Å². The van der Waals surface area contributed by atoms with Crippen molar-refractivity contribution in [2.75, 3.05) is 13.1 Å². The van der Waals surface area contributed by atoms with Crippen LogP contribution in [-0.2, 0) is 12.8 Å². The second-order valence-electron chi connectivity index (χ2n) is 6.54. The highest BCUT2D eigenvalue weighted by atomic mass is 32.1. The van der Waals surface area contributed by atoms with Crippen molar-refractivity contribution in [2.45, 2.75) is 52.6 Å². The summed E-state index contributed by atoms with van der Waals surface area (Å²) in [5.41, 5.74) is 0.508. The molecular formula is C16H25NO2S. The van der Waals surface area contributed by atoms with E-state index in [1.807, 2.05) is 6.92 Å². The molecule has 112 valence electrons. The molecule has 1 atom stereocenters. The Balaban J connectivity index is 2.16. The van der Waals surface area contributed by atoms with Gasteiger partial charge in [0.1, 0.15) is 0 Å². The second-order valence-corrected chi connectivity index (χ2v) is 7.68. The monoisotopic (exact) mass is 295 g/mol. The molecule has 1 unspecified atom stereocenters. The molecule has 2 rings (SSSR count). The van der Waals surface area contributed by atoms with Gasteiger partial charge in [0, 0.05) is 18.0 Å². The third-order valence-electron chi connectivity index (χ3n) is 3.79. The SMILES string of the molecule is CCN(CC(C)(C)O)C(=O)c1cc2c(s1)CCC(C)C2. The fraction of sp³-hybridized carbons (Fsp3) is 0.688. The number of rotatable bonds is 4. The summed E-state index contributed by atoms with van der Waals surface area (Å²) in [5, 5.41) is 9.92. The van der Waals surface area contributed by atoms with Gasteiger partial charge in [0.15, 0.2) is 0 Å². The third kappa shape index (κ3) is 3.61. The number of amides is 1. The zero-order valence-corrected chi connectivity index (χ0v) is 13.7. The van der Waals surface area contributed by atoms with Gasteiger partial charge in [-0.15, -0.1) is 11.3 Å². The van der Waals surface area contributed by atoms with Gasteiger partial charge in [0.2, 0.25) is 0 Å². The van der Waals surface area contributed by atoms with Gasteiger partial charge in [0.05, 0.1) is 10.5 Å². The van der Waals surface area contributed by atoms with E-state index in [2.05, 4.69) is 13.0 Å². The van der Waals surface area contributed by atoms with Crippen LogP contribution in [-0.4, -0.2) is 34.6 Å². The maximum absolute atomic E-state index is 12.6. The number of thiophene rings is 1. The number of hydrogen-bond donors (Lipinski definition) is 1. The van der Waals surface area contributed by atoms with Crippen LogP contribution in [0.1, 0.15) is 54.2 Å². The average molecular weight is 295 g/mol. The summed E-state index contributed by atoms with van der Waals surface area (Å²) in [6.45, 7) is 8.71. The molecule has 0 saturated heterocycles. The van der Waals surface area contributed by atoms with E-state index in [4.69, 9.17) is 0 Å². The Labute approximate surface area is 125 Å². The topological polar surface area (TPSA) is 40.5 Å². The Morgan fingerprint density at radius 2 is 2.25 bits per heavy atom. The number of carbonyl (C=O) groups excluding carboxylic acids is 1. The average Bonchev–Trinajstić information content (AvgIpc) is 2.76. The van der Waals surface area contributed by atoms with Gasteiger partial charge in [-0.2, -0.15) is 0 Å². The Hall–Kier alpha value is -0.870. The largest absolute Gasteiger partial charge is 0.389 e. The third-order valence-corrected chi connectivity index (χ3v) is 5.01. The lowest BCUT2D eigenvalue weighted by Crippen LogP contribution is -2.41. The highest BCUT2D eigenvalue weighted by molar-refractivity contribution is 7.14. The lowest BCUT2D eigenvalue weighted by Gasteiger charge is -2.27. The fourth-order valence-electron chi connectivity index (χ4n) is 2.76. The highest BCUT2D eigenvalue weighted by Crippen LogP contribution is 2.32. The summed E-state index contributed by atoms with van der Waals surface area (Å²) < 4.78 is 0. The van der Waals surface area contributed by atoms with Gasteiger partial charge in [-0.3, -0.25) is 4.79 Å². The molecule has 0 aromatic carbocycles. The molecule has 1 aromatic rings. The maximum atomic E-state index is 12.6. The minimum atomic E-state index is -0.850. The molecule has 0 fully saturated rings. The van der Waals surface area contributed by atoms with Crippen molar-refractivity contribution >= 4 is 17.2 Å². The molecule has 1 aromatic heterocycles. The standard InChI is InChI=1S/C16H25NO2S/c1-5-17(10-16(3,4)19)15(18)14-9-12-8-11(2)6-7-13(12)20-14/h9,11,19H,5-8,10H2,1-4H3. The summed E-state index contributed by atoms with van der Waals surface area (Å²) in [5.74, 6) is 0.778. The first-order chi connectivity index (χ1) is 9.30. The molecule has 4 heteroatoms. The predicted octanol–water partition coefficient (Wildman–Crippen LogP) is 3.11. The number of fused-ring (bicyclic) bond motifs is 1. The Morgan fingerprint density at radius 3 is 2.85 bits per heavy atom. The van der Waals surface area contributed by atoms with Gasteiger partial charge in [0.25, 0.3) is 5.91 Å². The van der Waals surface area contributed by atoms with E-state index in [0.29, 0.717) is 13.1 Å². The van der Waals surface area contributed by atoms with Crippen molar-refractivity contribution in [3.05, 3.63) is 21.4 Å². The van der Waals surface area contributed by atoms with Crippen LogP contribution in [0.2, 0.25) is 0 Å². The Bertz CT molecular complexity index is 487.